The predicted octanol–water partition coefficient (Wildman–Crippen LogP) is 0.185. The highest BCUT2D eigenvalue weighted by Crippen LogP contribution is 2.10. The summed E-state index contributed by atoms with van der Waals surface area (Å²) in [4.78, 5) is 10.2. The van der Waals surface area contributed by atoms with Gasteiger partial charge in [-0.15, -0.1) is 0 Å². The smallest absolute Gasteiger partial charge is 0.161 e. The second-order valence-electron chi connectivity index (χ2n) is 2.97. The Labute approximate surface area is 82.0 Å². The van der Waals surface area contributed by atoms with Crippen LogP contribution in [0.15, 0.2) is 12.4 Å². The maximum atomic E-state index is 8.66. The summed E-state index contributed by atoms with van der Waals surface area (Å²) < 4.78 is 5.22. The van der Waals surface area contributed by atoms with E-state index in [4.69, 9.17) is 10.00 Å². The van der Waals surface area contributed by atoms with Crippen LogP contribution in [0.1, 0.15) is 5.69 Å². The minimum Gasteiger partial charge on any atom is -0.378 e. The highest BCUT2D eigenvalue weighted by Gasteiger charge is 2.12. The molecule has 0 radical (unpaired) electrons. The van der Waals surface area contributed by atoms with Gasteiger partial charge < -0.3 is 9.64 Å². The normalized spacial score (nSPS) is 16.4. The molecule has 1 aliphatic rings. The van der Waals surface area contributed by atoms with Crippen LogP contribution in [-0.4, -0.2) is 36.3 Å². The summed E-state index contributed by atoms with van der Waals surface area (Å²) >= 11 is 0. The number of nitrogens with zero attached hydrogens (tertiary/aromatic N) is 4. The molecular weight excluding hydrogens is 180 g/mol. The molecule has 2 heterocycles. The molecule has 5 nitrogen and oxygen atoms in total. The van der Waals surface area contributed by atoms with Crippen molar-refractivity contribution < 1.29 is 4.74 Å². The first-order chi connectivity index (χ1) is 6.90. The van der Waals surface area contributed by atoms with Gasteiger partial charge in [0.2, 0.25) is 0 Å². The molecule has 5 heteroatoms. The fourth-order valence-corrected chi connectivity index (χ4v) is 1.35. The van der Waals surface area contributed by atoms with Gasteiger partial charge >= 0.3 is 0 Å². The van der Waals surface area contributed by atoms with Gasteiger partial charge in [0.15, 0.2) is 5.69 Å². The fraction of sp³-hybridized carbons (Fsp3) is 0.444. The van der Waals surface area contributed by atoms with Gasteiger partial charge in [-0.25, -0.2) is 4.98 Å². The molecular formula is C9H10N4O. The van der Waals surface area contributed by atoms with E-state index in [1.165, 1.54) is 6.20 Å². The summed E-state index contributed by atoms with van der Waals surface area (Å²) in [6.07, 6.45) is 3.14. The lowest BCUT2D eigenvalue weighted by molar-refractivity contribution is 0.122. The molecule has 0 aromatic carbocycles. The Morgan fingerprint density at radius 1 is 1.36 bits per heavy atom. The van der Waals surface area contributed by atoms with Gasteiger partial charge in [-0.2, -0.15) is 5.26 Å². The molecule has 1 aromatic heterocycles. The molecule has 1 aliphatic heterocycles. The van der Waals surface area contributed by atoms with Crippen LogP contribution in [0.2, 0.25) is 0 Å². The first-order valence-corrected chi connectivity index (χ1v) is 4.45. The molecule has 0 amide bonds. The Morgan fingerprint density at radius 3 is 2.86 bits per heavy atom. The van der Waals surface area contributed by atoms with E-state index < -0.39 is 0 Å². The Kier molecular flexibility index (Phi) is 2.56. The van der Waals surface area contributed by atoms with E-state index in [1.807, 2.05) is 6.07 Å². The van der Waals surface area contributed by atoms with Gasteiger partial charge in [0.1, 0.15) is 11.9 Å². The Morgan fingerprint density at radius 2 is 2.14 bits per heavy atom. The molecule has 0 unspecified atom stereocenters. The van der Waals surface area contributed by atoms with Gasteiger partial charge in [-0.05, 0) is 0 Å². The van der Waals surface area contributed by atoms with Crippen LogP contribution in [0.3, 0.4) is 0 Å². The zero-order valence-electron chi connectivity index (χ0n) is 7.68. The molecule has 1 fully saturated rings. The molecule has 0 spiro atoms. The van der Waals surface area contributed by atoms with Crippen LogP contribution in [-0.2, 0) is 4.74 Å². The zero-order valence-corrected chi connectivity index (χ0v) is 7.68. The molecule has 72 valence electrons. The largest absolute Gasteiger partial charge is 0.378 e. The quantitative estimate of drug-likeness (QED) is 0.632. The summed E-state index contributed by atoms with van der Waals surface area (Å²) in [5.41, 5.74) is 0.356. The average molecular weight is 190 g/mol. The predicted molar refractivity (Wildman–Crippen MR) is 49.8 cm³/mol. The third-order valence-corrected chi connectivity index (χ3v) is 2.07. The third-order valence-electron chi connectivity index (χ3n) is 2.07. The maximum absolute atomic E-state index is 8.66. The number of hydrogen-bond acceptors (Lipinski definition) is 5. The number of morpholine rings is 1. The molecule has 0 N–H and O–H groups in total. The first kappa shape index (κ1) is 8.91. The number of aromatic nitrogens is 2. The topological polar surface area (TPSA) is 62.0 Å². The highest BCUT2D eigenvalue weighted by molar-refractivity contribution is 5.38. The second kappa shape index (κ2) is 4.03. The Balaban J connectivity index is 2.18. The van der Waals surface area contributed by atoms with Crippen LogP contribution >= 0.6 is 0 Å². The zero-order chi connectivity index (χ0) is 9.80. The van der Waals surface area contributed by atoms with Crippen molar-refractivity contribution in [3.8, 4) is 6.07 Å². The van der Waals surface area contributed by atoms with Gasteiger partial charge in [0.25, 0.3) is 0 Å². The minimum atomic E-state index is 0.356. The molecule has 1 saturated heterocycles. The van der Waals surface area contributed by atoms with Gasteiger partial charge in [0, 0.05) is 13.1 Å². The molecule has 1 aromatic rings. The number of anilines is 1. The number of nitriles is 1. The lowest BCUT2D eigenvalue weighted by Gasteiger charge is -2.27. The van der Waals surface area contributed by atoms with Crippen molar-refractivity contribution in [1.29, 1.82) is 5.26 Å². The van der Waals surface area contributed by atoms with Crippen molar-refractivity contribution in [2.24, 2.45) is 0 Å². The number of hydrogen-bond donors (Lipinski definition) is 0. The van der Waals surface area contributed by atoms with Gasteiger partial charge in [-0.3, -0.25) is 4.98 Å². The molecule has 2 rings (SSSR count). The Bertz CT molecular complexity index is 354. The Hall–Kier alpha value is -1.67. The van der Waals surface area contributed by atoms with Crippen LogP contribution in [0, 0.1) is 11.3 Å². The monoisotopic (exact) mass is 190 g/mol. The maximum Gasteiger partial charge on any atom is 0.161 e. The minimum absolute atomic E-state index is 0.356. The summed E-state index contributed by atoms with van der Waals surface area (Å²) in [5.74, 6) is 0.757. The van der Waals surface area contributed by atoms with Crippen molar-refractivity contribution in [2.75, 3.05) is 31.2 Å². The summed E-state index contributed by atoms with van der Waals surface area (Å²) in [5, 5.41) is 8.66. The molecule has 0 aliphatic carbocycles. The lowest BCUT2D eigenvalue weighted by atomic mass is 10.4. The molecule has 0 saturated carbocycles. The number of ether oxygens (including phenoxy) is 1. The standard InChI is InChI=1S/C9H10N4O/c10-5-8-6-11-7-9(12-8)13-1-3-14-4-2-13/h6-7H,1-4H2. The fourth-order valence-electron chi connectivity index (χ4n) is 1.35. The van der Waals surface area contributed by atoms with E-state index in [0.717, 1.165) is 18.9 Å². The van der Waals surface area contributed by atoms with Crippen LogP contribution < -0.4 is 4.90 Å². The number of rotatable bonds is 1. The van der Waals surface area contributed by atoms with E-state index in [-0.39, 0.29) is 0 Å². The van der Waals surface area contributed by atoms with Crippen LogP contribution in [0.5, 0.6) is 0 Å². The lowest BCUT2D eigenvalue weighted by Crippen LogP contribution is -2.36. The summed E-state index contributed by atoms with van der Waals surface area (Å²) in [6, 6.07) is 1.97. The SMILES string of the molecule is N#Cc1cncc(N2CCOCC2)n1. The average Bonchev–Trinajstić information content (AvgIpc) is 2.30. The van der Waals surface area contributed by atoms with Crippen molar-refractivity contribution >= 4 is 5.82 Å². The highest BCUT2D eigenvalue weighted by atomic mass is 16.5. The van der Waals surface area contributed by atoms with E-state index >= 15 is 0 Å². The van der Waals surface area contributed by atoms with E-state index in [0.29, 0.717) is 18.9 Å². The van der Waals surface area contributed by atoms with Crippen molar-refractivity contribution in [3.05, 3.63) is 18.1 Å². The van der Waals surface area contributed by atoms with E-state index in [1.54, 1.807) is 6.20 Å². The van der Waals surface area contributed by atoms with Crippen LogP contribution in [0.25, 0.3) is 0 Å². The van der Waals surface area contributed by atoms with Gasteiger partial charge in [0.05, 0.1) is 25.6 Å². The van der Waals surface area contributed by atoms with Crippen molar-refractivity contribution in [1.82, 2.24) is 9.97 Å². The third kappa shape index (κ3) is 1.80. The summed E-state index contributed by atoms with van der Waals surface area (Å²) in [7, 11) is 0. The second-order valence-corrected chi connectivity index (χ2v) is 2.97. The van der Waals surface area contributed by atoms with Crippen molar-refractivity contribution in [2.45, 2.75) is 0 Å². The molecule has 0 bridgehead atoms. The van der Waals surface area contributed by atoms with Crippen molar-refractivity contribution in [3.63, 3.8) is 0 Å². The van der Waals surface area contributed by atoms with Gasteiger partial charge in [-0.1, -0.05) is 0 Å². The van der Waals surface area contributed by atoms with Crippen LogP contribution in [0.4, 0.5) is 5.82 Å². The first-order valence-electron chi connectivity index (χ1n) is 4.45. The molecule has 14 heavy (non-hydrogen) atoms. The molecule has 0 atom stereocenters. The van der Waals surface area contributed by atoms with E-state index in [2.05, 4.69) is 14.9 Å². The van der Waals surface area contributed by atoms with E-state index in [9.17, 15) is 0 Å². The summed E-state index contributed by atoms with van der Waals surface area (Å²) in [6.45, 7) is 3.03.